The van der Waals surface area contributed by atoms with Gasteiger partial charge in [-0.15, -0.1) is 0 Å². The minimum absolute atomic E-state index is 0.639. The van der Waals surface area contributed by atoms with Crippen molar-refractivity contribution in [3.8, 4) is 0 Å². The summed E-state index contributed by atoms with van der Waals surface area (Å²) in [6.07, 6.45) is 0. The molecule has 0 spiro atoms. The summed E-state index contributed by atoms with van der Waals surface area (Å²) in [4.78, 5) is 1.78. The van der Waals surface area contributed by atoms with Gasteiger partial charge in [-0.3, -0.25) is 0 Å². The number of nitrogens with two attached hydrogens (primary N) is 1. The molecule has 0 aliphatic carbocycles. The van der Waals surface area contributed by atoms with Gasteiger partial charge >= 0.3 is 32.8 Å². The van der Waals surface area contributed by atoms with Crippen molar-refractivity contribution in [3.05, 3.63) is 0 Å². The van der Waals surface area contributed by atoms with Gasteiger partial charge in [0.2, 0.25) is 0 Å². The first-order valence-electron chi connectivity index (χ1n) is 1.05. The van der Waals surface area contributed by atoms with Crippen LogP contribution in [0.2, 0.25) is 0 Å². The first-order chi connectivity index (χ1) is 1.91. The van der Waals surface area contributed by atoms with Gasteiger partial charge in [0.15, 0.2) is 0 Å². The van der Waals surface area contributed by atoms with Gasteiger partial charge in [-0.05, 0) is 0 Å². The Bertz CT molecular complexity index is 20.0. The normalized spacial score (nSPS) is 6.25. The van der Waals surface area contributed by atoms with Gasteiger partial charge in [-0.2, -0.15) is 0 Å². The van der Waals surface area contributed by atoms with Gasteiger partial charge in [0.25, 0.3) is 0 Å². The molecule has 4 heavy (non-hydrogen) atoms. The van der Waals surface area contributed by atoms with Gasteiger partial charge in [0.1, 0.15) is 0 Å². The molecule has 2 N–H and O–H groups in total. The third-order valence-electron chi connectivity index (χ3n) is 0.0962. The van der Waals surface area contributed by atoms with Crippen LogP contribution in [0.5, 0.6) is 0 Å². The maximum absolute atomic E-state index is 4.94. The average Bonchev–Trinajstić information content (AvgIpc) is 1.37. The first-order valence-corrected chi connectivity index (χ1v) is 2.04. The second kappa shape index (κ2) is 3.35. The van der Waals surface area contributed by atoms with E-state index in [9.17, 15) is 0 Å². The molecule has 0 saturated heterocycles. The van der Waals surface area contributed by atoms with E-state index < -0.39 is 0 Å². The van der Waals surface area contributed by atoms with E-state index in [0.29, 0.717) is 6.54 Å². The SMILES string of the molecule is NCC=[Se]. The van der Waals surface area contributed by atoms with E-state index in [1.54, 1.807) is 4.92 Å². The molecule has 0 aliphatic heterocycles. The summed E-state index contributed by atoms with van der Waals surface area (Å²) < 4.78 is 0. The maximum atomic E-state index is 4.94. The molecule has 0 radical (unpaired) electrons. The summed E-state index contributed by atoms with van der Waals surface area (Å²) in [5, 5.41) is 0. The molecule has 1 nitrogen and oxygen atoms in total. The summed E-state index contributed by atoms with van der Waals surface area (Å²) in [6.45, 7) is 0.639. The molecule has 0 heterocycles. The van der Waals surface area contributed by atoms with Crippen LogP contribution in [0.15, 0.2) is 0 Å². The van der Waals surface area contributed by atoms with Gasteiger partial charge in [-0.25, -0.2) is 0 Å². The molecule has 0 aliphatic rings. The summed E-state index contributed by atoms with van der Waals surface area (Å²) in [7, 11) is 0. The van der Waals surface area contributed by atoms with Crippen molar-refractivity contribution in [2.24, 2.45) is 5.73 Å². The van der Waals surface area contributed by atoms with Crippen LogP contribution in [0.3, 0.4) is 0 Å². The van der Waals surface area contributed by atoms with Crippen molar-refractivity contribution in [1.82, 2.24) is 0 Å². The quantitative estimate of drug-likeness (QED) is 0.439. The summed E-state index contributed by atoms with van der Waals surface area (Å²) in [5.41, 5.74) is 4.94. The van der Waals surface area contributed by atoms with Crippen LogP contribution in [-0.4, -0.2) is 27.0 Å². The fourth-order valence-corrected chi connectivity index (χ4v) is 0. The third kappa shape index (κ3) is 2.35. The molecule has 0 aromatic heterocycles. The molecular formula is C2H5NSe. The van der Waals surface area contributed by atoms with E-state index in [-0.39, 0.29) is 0 Å². The van der Waals surface area contributed by atoms with Gasteiger partial charge in [0, 0.05) is 0 Å². The van der Waals surface area contributed by atoms with Gasteiger partial charge in [-0.1, -0.05) is 0 Å². The zero-order chi connectivity index (χ0) is 3.41. The van der Waals surface area contributed by atoms with Crippen molar-refractivity contribution >= 4 is 20.5 Å². The predicted molar refractivity (Wildman–Crippen MR) is 20.9 cm³/mol. The van der Waals surface area contributed by atoms with E-state index in [1.165, 1.54) is 0 Å². The molecule has 0 atom stereocenters. The fraction of sp³-hybridized carbons (Fsp3) is 0.500. The van der Waals surface area contributed by atoms with E-state index >= 15 is 0 Å². The Kier molecular flexibility index (Phi) is 3.64. The first kappa shape index (κ1) is 4.35. The van der Waals surface area contributed by atoms with E-state index in [0.717, 1.165) is 0 Å². The molecule has 0 saturated carbocycles. The topological polar surface area (TPSA) is 26.0 Å². The van der Waals surface area contributed by atoms with Crippen molar-refractivity contribution in [2.75, 3.05) is 6.54 Å². The Morgan fingerprint density at radius 1 is 2.00 bits per heavy atom. The molecule has 0 unspecified atom stereocenters. The van der Waals surface area contributed by atoms with Gasteiger partial charge < -0.3 is 0 Å². The molecule has 0 bridgehead atoms. The predicted octanol–water partition coefficient (Wildman–Crippen LogP) is -1.08. The monoisotopic (exact) mass is 123 g/mol. The Morgan fingerprint density at radius 2 is 2.25 bits per heavy atom. The summed E-state index contributed by atoms with van der Waals surface area (Å²) >= 11 is 2.64. The molecule has 0 aromatic rings. The van der Waals surface area contributed by atoms with Crippen molar-refractivity contribution < 1.29 is 0 Å². The Morgan fingerprint density at radius 3 is 2.25 bits per heavy atom. The van der Waals surface area contributed by atoms with E-state index in [4.69, 9.17) is 5.73 Å². The standard InChI is InChI=1S/C2H5NSe/c3-1-2-4/h2H,1,3H2. The molecule has 2 heteroatoms. The van der Waals surface area contributed by atoms with Crippen LogP contribution >= 0.6 is 0 Å². The zero-order valence-electron chi connectivity index (χ0n) is 2.27. The summed E-state index contributed by atoms with van der Waals surface area (Å²) in [5.74, 6) is 0. The fourth-order valence-electron chi connectivity index (χ4n) is 0. The Labute approximate surface area is 33.5 Å². The second-order valence-electron chi connectivity index (χ2n) is 0.402. The second-order valence-corrected chi connectivity index (χ2v) is 1.10. The molecule has 0 fully saturated rings. The molecule has 0 aromatic carbocycles. The number of hydrogen-bond donors (Lipinski definition) is 1. The Balaban J connectivity index is 2.30. The minimum atomic E-state index is 0.639. The van der Waals surface area contributed by atoms with Crippen molar-refractivity contribution in [1.29, 1.82) is 0 Å². The van der Waals surface area contributed by atoms with E-state index in [1.807, 2.05) is 0 Å². The van der Waals surface area contributed by atoms with Crippen LogP contribution in [0.4, 0.5) is 0 Å². The molecule has 24 valence electrons. The Hall–Kier alpha value is 0.349. The number of rotatable bonds is 1. The van der Waals surface area contributed by atoms with Crippen LogP contribution in [-0.2, 0) is 0 Å². The van der Waals surface area contributed by atoms with Gasteiger partial charge in [0.05, 0.1) is 0 Å². The number of hydrogen-bond acceptors (Lipinski definition) is 1. The molecule has 0 amide bonds. The van der Waals surface area contributed by atoms with E-state index in [2.05, 4.69) is 15.6 Å². The van der Waals surface area contributed by atoms with Crippen LogP contribution in [0, 0.1) is 0 Å². The van der Waals surface area contributed by atoms with Crippen LogP contribution < -0.4 is 5.73 Å². The zero-order valence-corrected chi connectivity index (χ0v) is 3.98. The van der Waals surface area contributed by atoms with Crippen LogP contribution in [0.1, 0.15) is 0 Å². The average molecular weight is 122 g/mol. The summed E-state index contributed by atoms with van der Waals surface area (Å²) in [6, 6.07) is 0. The molecule has 0 rings (SSSR count). The van der Waals surface area contributed by atoms with Crippen LogP contribution in [0.25, 0.3) is 0 Å². The third-order valence-corrected chi connectivity index (χ3v) is 0.500. The molecular weight excluding hydrogens is 117 g/mol. The van der Waals surface area contributed by atoms with Crippen molar-refractivity contribution in [3.63, 3.8) is 0 Å². The van der Waals surface area contributed by atoms with Crippen molar-refractivity contribution in [2.45, 2.75) is 0 Å².